The normalized spacial score (nSPS) is 10.7. The standard InChI is InChI=1S/C7H10N2O5/c8-5(11)3-4(10)7(14)9-2-1-6(12)13/h3,10H,1-2H2,(H2,8,11)(H,9,14)(H,12,13)/b4-3-. The van der Waals surface area contributed by atoms with Crippen molar-refractivity contribution in [3.8, 4) is 0 Å². The number of hydrogen-bond donors (Lipinski definition) is 4. The Balaban J connectivity index is 3.97. The van der Waals surface area contributed by atoms with Crippen LogP contribution in [0, 0.1) is 0 Å². The van der Waals surface area contributed by atoms with Crippen molar-refractivity contribution in [1.82, 2.24) is 5.32 Å². The van der Waals surface area contributed by atoms with Gasteiger partial charge < -0.3 is 21.3 Å². The van der Waals surface area contributed by atoms with Crippen LogP contribution in [0.3, 0.4) is 0 Å². The number of carboxylic acid groups (broad SMARTS) is 1. The average Bonchev–Trinajstić information content (AvgIpc) is 2.01. The second kappa shape index (κ2) is 5.57. The van der Waals surface area contributed by atoms with E-state index in [0.29, 0.717) is 6.08 Å². The zero-order chi connectivity index (χ0) is 11.1. The fourth-order valence-electron chi connectivity index (χ4n) is 0.574. The number of aliphatic hydroxyl groups excluding tert-OH is 1. The van der Waals surface area contributed by atoms with Gasteiger partial charge in [-0.15, -0.1) is 0 Å². The van der Waals surface area contributed by atoms with Gasteiger partial charge in [0, 0.05) is 6.54 Å². The van der Waals surface area contributed by atoms with E-state index in [9.17, 15) is 14.4 Å². The van der Waals surface area contributed by atoms with Gasteiger partial charge in [-0.1, -0.05) is 0 Å². The van der Waals surface area contributed by atoms with Crippen molar-refractivity contribution in [2.75, 3.05) is 6.54 Å². The Morgan fingerprint density at radius 2 is 1.86 bits per heavy atom. The number of amides is 2. The second-order valence-electron chi connectivity index (χ2n) is 2.33. The lowest BCUT2D eigenvalue weighted by atomic mass is 10.3. The van der Waals surface area contributed by atoms with E-state index in [4.69, 9.17) is 10.2 Å². The first-order valence-corrected chi connectivity index (χ1v) is 3.63. The molecule has 14 heavy (non-hydrogen) atoms. The van der Waals surface area contributed by atoms with Crippen LogP contribution in [0.25, 0.3) is 0 Å². The van der Waals surface area contributed by atoms with Gasteiger partial charge in [-0.25, -0.2) is 0 Å². The highest BCUT2D eigenvalue weighted by Gasteiger charge is 2.08. The molecule has 0 aromatic rings. The summed E-state index contributed by atoms with van der Waals surface area (Å²) in [6.07, 6.45) is 0.270. The predicted molar refractivity (Wildman–Crippen MR) is 45.2 cm³/mol. The minimum absolute atomic E-state index is 0.134. The molecule has 0 bridgehead atoms. The molecule has 0 aromatic carbocycles. The average molecular weight is 202 g/mol. The number of aliphatic carboxylic acids is 1. The highest BCUT2D eigenvalue weighted by atomic mass is 16.4. The van der Waals surface area contributed by atoms with Gasteiger partial charge in [0.15, 0.2) is 5.76 Å². The minimum Gasteiger partial charge on any atom is -0.503 e. The lowest BCUT2D eigenvalue weighted by molar-refractivity contribution is -0.137. The Kier molecular flexibility index (Phi) is 4.76. The molecule has 0 saturated heterocycles. The van der Waals surface area contributed by atoms with E-state index in [1.165, 1.54) is 0 Å². The van der Waals surface area contributed by atoms with Crippen LogP contribution < -0.4 is 11.1 Å². The van der Waals surface area contributed by atoms with E-state index in [2.05, 4.69) is 11.1 Å². The van der Waals surface area contributed by atoms with Crippen LogP contribution in [0.5, 0.6) is 0 Å². The third-order valence-corrected chi connectivity index (χ3v) is 1.14. The predicted octanol–water partition coefficient (Wildman–Crippen LogP) is -1.50. The quantitative estimate of drug-likeness (QED) is 0.318. The highest BCUT2D eigenvalue weighted by Crippen LogP contribution is 1.87. The maximum absolute atomic E-state index is 10.8. The first kappa shape index (κ1) is 11.9. The van der Waals surface area contributed by atoms with Crippen molar-refractivity contribution >= 4 is 17.8 Å². The molecule has 0 aromatic heterocycles. The summed E-state index contributed by atoms with van der Waals surface area (Å²) in [6, 6.07) is 0. The smallest absolute Gasteiger partial charge is 0.305 e. The van der Waals surface area contributed by atoms with Crippen LogP contribution >= 0.6 is 0 Å². The molecule has 0 aliphatic rings. The third-order valence-electron chi connectivity index (χ3n) is 1.14. The van der Waals surface area contributed by atoms with E-state index in [-0.39, 0.29) is 13.0 Å². The summed E-state index contributed by atoms with van der Waals surface area (Å²) in [4.78, 5) is 31.1. The molecule has 0 unspecified atom stereocenters. The number of hydrogen-bond acceptors (Lipinski definition) is 4. The Labute approximate surface area is 79.2 Å². The molecular formula is C7H10N2O5. The molecule has 0 fully saturated rings. The Morgan fingerprint density at radius 3 is 2.29 bits per heavy atom. The monoisotopic (exact) mass is 202 g/mol. The van der Waals surface area contributed by atoms with Gasteiger partial charge in [0.1, 0.15) is 0 Å². The molecule has 0 rings (SSSR count). The highest BCUT2D eigenvalue weighted by molar-refractivity contribution is 5.98. The molecular weight excluding hydrogens is 192 g/mol. The first-order valence-electron chi connectivity index (χ1n) is 3.63. The van der Waals surface area contributed by atoms with Crippen LogP contribution in [-0.2, 0) is 14.4 Å². The van der Waals surface area contributed by atoms with Crippen LogP contribution in [0.4, 0.5) is 0 Å². The number of aliphatic hydroxyl groups is 1. The topological polar surface area (TPSA) is 130 Å². The summed E-state index contributed by atoms with van der Waals surface area (Å²) in [5.74, 6) is -3.83. The van der Waals surface area contributed by atoms with Gasteiger partial charge in [0.05, 0.1) is 12.5 Å². The first-order chi connectivity index (χ1) is 6.43. The number of carboxylic acids is 1. The molecule has 0 radical (unpaired) electrons. The van der Waals surface area contributed by atoms with E-state index in [0.717, 1.165) is 0 Å². The molecule has 7 heteroatoms. The van der Waals surface area contributed by atoms with Crippen molar-refractivity contribution < 1.29 is 24.6 Å². The van der Waals surface area contributed by atoms with Crippen molar-refractivity contribution in [3.05, 3.63) is 11.8 Å². The Morgan fingerprint density at radius 1 is 1.29 bits per heavy atom. The van der Waals surface area contributed by atoms with Gasteiger partial charge in [0.2, 0.25) is 5.91 Å². The van der Waals surface area contributed by atoms with Crippen molar-refractivity contribution in [2.24, 2.45) is 5.73 Å². The van der Waals surface area contributed by atoms with Crippen LogP contribution in [0.15, 0.2) is 11.8 Å². The number of primary amides is 1. The molecule has 0 heterocycles. The molecule has 0 aliphatic carbocycles. The maximum atomic E-state index is 10.8. The van der Waals surface area contributed by atoms with E-state index >= 15 is 0 Å². The second-order valence-corrected chi connectivity index (χ2v) is 2.33. The number of rotatable bonds is 5. The van der Waals surface area contributed by atoms with Crippen molar-refractivity contribution in [1.29, 1.82) is 0 Å². The van der Waals surface area contributed by atoms with Crippen LogP contribution in [0.2, 0.25) is 0 Å². The van der Waals surface area contributed by atoms with Crippen LogP contribution in [-0.4, -0.2) is 34.5 Å². The van der Waals surface area contributed by atoms with Crippen molar-refractivity contribution in [3.63, 3.8) is 0 Å². The van der Waals surface area contributed by atoms with Gasteiger partial charge >= 0.3 is 5.97 Å². The van der Waals surface area contributed by atoms with Gasteiger partial charge in [-0.3, -0.25) is 14.4 Å². The summed E-state index contributed by atoms with van der Waals surface area (Å²) in [7, 11) is 0. The summed E-state index contributed by atoms with van der Waals surface area (Å²) >= 11 is 0. The zero-order valence-corrected chi connectivity index (χ0v) is 7.19. The number of carbonyl (C=O) groups excluding carboxylic acids is 2. The summed E-state index contributed by atoms with van der Waals surface area (Å²) < 4.78 is 0. The van der Waals surface area contributed by atoms with E-state index < -0.39 is 23.5 Å². The molecule has 0 atom stereocenters. The van der Waals surface area contributed by atoms with E-state index in [1.807, 2.05) is 0 Å². The molecule has 5 N–H and O–H groups in total. The summed E-state index contributed by atoms with van der Waals surface area (Å²) in [5, 5.41) is 19.1. The molecule has 2 amide bonds. The summed E-state index contributed by atoms with van der Waals surface area (Å²) in [5.41, 5.74) is 4.66. The summed E-state index contributed by atoms with van der Waals surface area (Å²) in [6.45, 7) is -0.134. The zero-order valence-electron chi connectivity index (χ0n) is 7.19. The minimum atomic E-state index is -1.08. The van der Waals surface area contributed by atoms with Crippen LogP contribution in [0.1, 0.15) is 6.42 Å². The number of carbonyl (C=O) groups is 3. The Bertz CT molecular complexity index is 284. The SMILES string of the molecule is NC(=O)/C=C(\O)C(=O)NCCC(=O)O. The number of nitrogens with two attached hydrogens (primary N) is 1. The van der Waals surface area contributed by atoms with Gasteiger partial charge in [0.25, 0.3) is 5.91 Å². The molecule has 7 nitrogen and oxygen atoms in total. The maximum Gasteiger partial charge on any atom is 0.305 e. The fraction of sp³-hybridized carbons (Fsp3) is 0.286. The lowest BCUT2D eigenvalue weighted by Gasteiger charge is -2.01. The van der Waals surface area contributed by atoms with Crippen molar-refractivity contribution in [2.45, 2.75) is 6.42 Å². The fourth-order valence-corrected chi connectivity index (χ4v) is 0.574. The lowest BCUT2D eigenvalue weighted by Crippen LogP contribution is -2.28. The molecule has 0 spiro atoms. The Hall–Kier alpha value is -2.05. The number of nitrogens with one attached hydrogen (secondary N) is 1. The van der Waals surface area contributed by atoms with E-state index in [1.54, 1.807) is 0 Å². The molecule has 78 valence electrons. The largest absolute Gasteiger partial charge is 0.503 e. The van der Waals surface area contributed by atoms with Gasteiger partial charge in [-0.05, 0) is 0 Å². The molecule has 0 saturated carbocycles. The third kappa shape index (κ3) is 5.58. The van der Waals surface area contributed by atoms with Gasteiger partial charge in [-0.2, -0.15) is 0 Å². The molecule has 0 aliphatic heterocycles.